The molecule has 290 valence electrons. The van der Waals surface area contributed by atoms with Crippen molar-refractivity contribution in [3.8, 4) is 10.7 Å². The number of nitrogens with zero attached hydrogens (tertiary/aromatic N) is 6. The van der Waals surface area contributed by atoms with Gasteiger partial charge in [-0.15, -0.1) is 0 Å². The Balaban J connectivity index is 0.000000393. The number of carbonyl (C=O) groups excluding carboxylic acids is 1. The number of carboxylic acids is 3. The highest BCUT2D eigenvalue weighted by Gasteiger charge is 2.39. The summed E-state index contributed by atoms with van der Waals surface area (Å²) < 4.78 is 97.1. The van der Waals surface area contributed by atoms with E-state index in [4.69, 9.17) is 34.7 Å². The lowest BCUT2D eigenvalue weighted by molar-refractivity contribution is -0.193. The lowest BCUT2D eigenvalue weighted by Crippen LogP contribution is -2.27. The van der Waals surface area contributed by atoms with Crippen molar-refractivity contribution in [3.05, 3.63) is 96.5 Å². The van der Waals surface area contributed by atoms with E-state index in [0.29, 0.717) is 24.6 Å². The van der Waals surface area contributed by atoms with Gasteiger partial charge in [0, 0.05) is 25.6 Å². The van der Waals surface area contributed by atoms with E-state index in [1.54, 1.807) is 30.5 Å². The van der Waals surface area contributed by atoms with E-state index in [1.165, 1.54) is 11.3 Å². The van der Waals surface area contributed by atoms with Crippen LogP contribution in [0.25, 0.3) is 16.2 Å². The number of nitrogens with one attached hydrogen (secondary N) is 1. The first-order valence-electron chi connectivity index (χ1n) is 14.1. The third-order valence-corrected chi connectivity index (χ3v) is 6.77. The molecule has 0 unspecified atom stereocenters. The molecule has 4 N–H and O–H groups in total. The zero-order chi connectivity index (χ0) is 40.9. The molecule has 5 aromatic rings. The molecule has 24 heteroatoms. The minimum Gasteiger partial charge on any atom is -0.475 e. The van der Waals surface area contributed by atoms with E-state index in [1.807, 2.05) is 65.2 Å². The van der Waals surface area contributed by atoms with Crippen LogP contribution in [-0.2, 0) is 27.5 Å². The number of imidazole rings is 1. The minimum atomic E-state index is -5.08. The number of carboxylic acid groups (broad SMARTS) is 3. The minimum absolute atomic E-state index is 0.159. The Morgan fingerprint density at radius 1 is 0.741 bits per heavy atom. The van der Waals surface area contributed by atoms with Gasteiger partial charge in [0.1, 0.15) is 0 Å². The summed E-state index contributed by atoms with van der Waals surface area (Å²) in [7, 11) is 1.76. The topological polar surface area (TPSA) is 200 Å². The summed E-state index contributed by atoms with van der Waals surface area (Å²) in [5, 5.41) is 25.4. The number of pyridine rings is 3. The van der Waals surface area contributed by atoms with E-state index in [-0.39, 0.29) is 5.91 Å². The van der Waals surface area contributed by atoms with Crippen LogP contribution >= 0.6 is 11.3 Å². The van der Waals surface area contributed by atoms with Crippen molar-refractivity contribution in [1.29, 1.82) is 0 Å². The van der Waals surface area contributed by atoms with Crippen molar-refractivity contribution in [2.24, 2.45) is 0 Å². The fourth-order valence-electron chi connectivity index (χ4n) is 3.48. The van der Waals surface area contributed by atoms with Crippen LogP contribution in [0.2, 0.25) is 0 Å². The number of thiazole rings is 1. The molecule has 5 aromatic heterocycles. The molecular weight excluding hydrogens is 773 g/mol. The van der Waals surface area contributed by atoms with Gasteiger partial charge in [-0.2, -0.15) is 39.5 Å². The molecule has 0 aliphatic heterocycles. The molecule has 0 spiro atoms. The predicted octanol–water partition coefficient (Wildman–Crippen LogP) is 6.03. The van der Waals surface area contributed by atoms with Crippen molar-refractivity contribution in [2.75, 3.05) is 12.4 Å². The Labute approximate surface area is 300 Å². The highest BCUT2D eigenvalue weighted by molar-refractivity contribution is 7.18. The zero-order valence-corrected chi connectivity index (χ0v) is 27.7. The summed E-state index contributed by atoms with van der Waals surface area (Å²) >= 11 is 1.49. The molecule has 0 saturated carbocycles. The molecule has 5 rings (SSSR count). The van der Waals surface area contributed by atoms with Gasteiger partial charge in [0.15, 0.2) is 16.6 Å². The molecule has 0 aliphatic rings. The second-order valence-corrected chi connectivity index (χ2v) is 10.9. The van der Waals surface area contributed by atoms with Crippen LogP contribution in [0.3, 0.4) is 0 Å². The zero-order valence-electron chi connectivity index (χ0n) is 26.9. The van der Waals surface area contributed by atoms with Gasteiger partial charge in [-0.05, 0) is 36.4 Å². The number of aromatic nitrogens is 5. The first-order chi connectivity index (χ1) is 25.0. The van der Waals surface area contributed by atoms with E-state index in [9.17, 15) is 44.3 Å². The Kier molecular flexibility index (Phi) is 15.4. The normalized spacial score (nSPS) is 11.1. The number of amides is 1. The highest BCUT2D eigenvalue weighted by atomic mass is 32.1. The third kappa shape index (κ3) is 14.0. The van der Waals surface area contributed by atoms with Crippen LogP contribution in [0.4, 0.5) is 44.6 Å². The van der Waals surface area contributed by atoms with Crippen LogP contribution < -0.4 is 5.32 Å². The van der Waals surface area contributed by atoms with Crippen molar-refractivity contribution in [3.63, 3.8) is 0 Å². The fraction of sp³-hybridized carbons (Fsp3) is 0.200. The van der Waals surface area contributed by atoms with Gasteiger partial charge in [-0.25, -0.2) is 24.4 Å². The number of rotatable bonds is 7. The van der Waals surface area contributed by atoms with E-state index in [2.05, 4.69) is 20.3 Å². The number of anilines is 1. The Morgan fingerprint density at radius 3 is 1.69 bits per heavy atom. The fourth-order valence-corrected chi connectivity index (χ4v) is 4.28. The van der Waals surface area contributed by atoms with Crippen LogP contribution in [0, 0.1) is 0 Å². The molecule has 0 radical (unpaired) electrons. The van der Waals surface area contributed by atoms with Crippen LogP contribution in [0.5, 0.6) is 0 Å². The Hall–Kier alpha value is -6.33. The molecule has 54 heavy (non-hydrogen) atoms. The molecule has 0 aliphatic carbocycles. The molecule has 0 saturated heterocycles. The van der Waals surface area contributed by atoms with E-state index < -0.39 is 36.4 Å². The number of aliphatic carboxylic acids is 3. The average molecular weight is 798 g/mol. The quantitative estimate of drug-likeness (QED) is 0.140. The van der Waals surface area contributed by atoms with Crippen LogP contribution in [0.1, 0.15) is 21.9 Å². The van der Waals surface area contributed by atoms with Crippen molar-refractivity contribution >= 4 is 45.8 Å². The second kappa shape index (κ2) is 19.0. The lowest BCUT2D eigenvalue weighted by Gasteiger charge is -2.15. The summed E-state index contributed by atoms with van der Waals surface area (Å²) in [4.78, 5) is 60.3. The summed E-state index contributed by atoms with van der Waals surface area (Å²) in [6, 6.07) is 17.2. The number of carbonyl (C=O) groups is 4. The summed E-state index contributed by atoms with van der Waals surface area (Å²) in [5.41, 5.74) is 2.91. The number of hydrogen-bond acceptors (Lipinski definition) is 10. The van der Waals surface area contributed by atoms with E-state index >= 15 is 0 Å². The maximum atomic E-state index is 13.3. The molecule has 5 heterocycles. The van der Waals surface area contributed by atoms with Crippen molar-refractivity contribution in [1.82, 2.24) is 29.2 Å². The average Bonchev–Trinajstić information content (AvgIpc) is 3.72. The smallest absolute Gasteiger partial charge is 0.475 e. The van der Waals surface area contributed by atoms with Gasteiger partial charge in [-0.1, -0.05) is 29.5 Å². The highest BCUT2D eigenvalue weighted by Crippen LogP contribution is 2.30. The Bertz CT molecular complexity index is 1950. The van der Waals surface area contributed by atoms with Gasteiger partial charge in [-0.3, -0.25) is 19.2 Å². The van der Waals surface area contributed by atoms with Gasteiger partial charge >= 0.3 is 36.4 Å². The molecule has 14 nitrogen and oxygen atoms in total. The van der Waals surface area contributed by atoms with E-state index in [0.717, 1.165) is 26.9 Å². The standard InChI is InChI=1S/C24H21N7OS.3C2HF3O2/c1-30(16-18-9-3-6-12-26-18)23(32)21-19-10-4-7-13-31(19)22(29-21)20-15-28-24(33-20)27-14-17-8-2-5-11-25-17;3*3-2(4,5)1(6)7/h2-13,15H,14,16H2,1H3,(H,27,28);3*(H,6,7). The second-order valence-electron chi connectivity index (χ2n) is 9.84. The maximum Gasteiger partial charge on any atom is 0.490 e. The number of hydrogen-bond donors (Lipinski definition) is 4. The number of alkyl halides is 9. The van der Waals surface area contributed by atoms with Gasteiger partial charge in [0.2, 0.25) is 0 Å². The first kappa shape index (κ1) is 43.8. The van der Waals surface area contributed by atoms with Gasteiger partial charge in [0.05, 0.1) is 41.1 Å². The summed E-state index contributed by atoms with van der Waals surface area (Å²) in [6.07, 6.45) is -8.07. The van der Waals surface area contributed by atoms with Gasteiger partial charge < -0.3 is 25.5 Å². The largest absolute Gasteiger partial charge is 0.490 e. The lowest BCUT2D eigenvalue weighted by atomic mass is 10.3. The molecule has 0 bridgehead atoms. The number of fused-ring (bicyclic) bond motifs is 1. The SMILES string of the molecule is CN(Cc1ccccn1)C(=O)c1nc(-c2cnc(NCc3ccccn3)s2)n2ccccc12.O=C(O)C(F)(F)F.O=C(O)C(F)(F)F.O=C(O)C(F)(F)F. The molecule has 0 atom stereocenters. The van der Waals surface area contributed by atoms with Crippen molar-refractivity contribution < 1.29 is 74.0 Å². The van der Waals surface area contributed by atoms with Crippen molar-refractivity contribution in [2.45, 2.75) is 31.6 Å². The molecule has 0 aromatic carbocycles. The summed E-state index contributed by atoms with van der Waals surface area (Å²) in [5.74, 6) is -7.75. The molecular formula is C30H24F9N7O7S. The monoisotopic (exact) mass is 797 g/mol. The summed E-state index contributed by atoms with van der Waals surface area (Å²) in [6.45, 7) is 0.987. The van der Waals surface area contributed by atoms with Crippen LogP contribution in [-0.4, -0.2) is 93.9 Å². The Morgan fingerprint density at radius 2 is 1.22 bits per heavy atom. The molecule has 0 fully saturated rings. The first-order valence-corrected chi connectivity index (χ1v) is 15.0. The third-order valence-electron chi connectivity index (χ3n) is 5.82. The maximum absolute atomic E-state index is 13.3. The van der Waals surface area contributed by atoms with Gasteiger partial charge in [0.25, 0.3) is 5.91 Å². The van der Waals surface area contributed by atoms with Crippen LogP contribution in [0.15, 0.2) is 79.4 Å². The molecule has 1 amide bonds. The predicted molar refractivity (Wildman–Crippen MR) is 169 cm³/mol. The number of halogens is 9.